The summed E-state index contributed by atoms with van der Waals surface area (Å²) in [5.74, 6) is 1.04. The largest absolute Gasteiger partial charge is 0.347 e. The predicted octanol–water partition coefficient (Wildman–Crippen LogP) is 3.42. The molecule has 24 heavy (non-hydrogen) atoms. The topological polar surface area (TPSA) is 67.9 Å². The third-order valence-electron chi connectivity index (χ3n) is 4.34. The van der Waals surface area contributed by atoms with Gasteiger partial charge in [-0.25, -0.2) is 4.39 Å². The molecule has 1 saturated heterocycles. The van der Waals surface area contributed by atoms with Gasteiger partial charge in [-0.05, 0) is 31.4 Å². The number of rotatable bonds is 3. The normalized spacial score (nSPS) is 15.8. The molecule has 1 aromatic carbocycles. The molecule has 124 valence electrons. The lowest BCUT2D eigenvalue weighted by Gasteiger charge is -2.29. The minimum absolute atomic E-state index is 0.228. The lowest BCUT2D eigenvalue weighted by atomic mass is 9.97. The van der Waals surface area contributed by atoms with Crippen molar-refractivity contribution in [3.63, 3.8) is 0 Å². The maximum absolute atomic E-state index is 13.7. The molecule has 8 heteroatoms. The van der Waals surface area contributed by atoms with Crippen molar-refractivity contribution < 1.29 is 8.91 Å². The number of nitrogens with zero attached hydrogens (tertiary/aromatic N) is 5. The molecule has 1 aliphatic rings. The summed E-state index contributed by atoms with van der Waals surface area (Å²) in [6.45, 7) is 3.50. The molecule has 0 N–H and O–H groups in total. The zero-order valence-corrected chi connectivity index (χ0v) is 14.0. The van der Waals surface area contributed by atoms with E-state index in [1.54, 1.807) is 29.8 Å². The van der Waals surface area contributed by atoms with Crippen LogP contribution in [0.5, 0.6) is 0 Å². The summed E-state index contributed by atoms with van der Waals surface area (Å²) in [6, 6.07) is 4.98. The average molecular weight is 345 g/mol. The molecule has 0 atom stereocenters. The van der Waals surface area contributed by atoms with Crippen molar-refractivity contribution in [3.05, 3.63) is 41.0 Å². The average Bonchev–Trinajstić information content (AvgIpc) is 3.29. The van der Waals surface area contributed by atoms with Crippen LogP contribution in [-0.2, 0) is 0 Å². The Morgan fingerprint density at radius 2 is 2.12 bits per heavy atom. The fourth-order valence-corrected chi connectivity index (χ4v) is 3.49. The van der Waals surface area contributed by atoms with Crippen molar-refractivity contribution in [1.29, 1.82) is 0 Å². The van der Waals surface area contributed by atoms with E-state index in [4.69, 9.17) is 4.52 Å². The summed E-state index contributed by atoms with van der Waals surface area (Å²) in [5.41, 5.74) is 2.98. The Kier molecular flexibility index (Phi) is 3.97. The van der Waals surface area contributed by atoms with E-state index < -0.39 is 0 Å². The predicted molar refractivity (Wildman–Crippen MR) is 88.5 cm³/mol. The standard InChI is InChI=1S/C16H16FN5OS/c1-10-2-3-12(8-13(10)17)14-19-15(23-21-14)11-4-6-22(7-5-11)16-20-18-9-24-16/h2-3,8-9,11H,4-7H2,1H3. The van der Waals surface area contributed by atoms with Crippen molar-refractivity contribution in [2.45, 2.75) is 25.7 Å². The van der Waals surface area contributed by atoms with Crippen LogP contribution < -0.4 is 4.90 Å². The number of hydrogen-bond acceptors (Lipinski definition) is 7. The van der Waals surface area contributed by atoms with Crippen molar-refractivity contribution in [2.24, 2.45) is 0 Å². The molecule has 3 heterocycles. The molecule has 1 aliphatic heterocycles. The summed E-state index contributed by atoms with van der Waals surface area (Å²) in [6.07, 6.45) is 1.84. The van der Waals surface area contributed by atoms with Gasteiger partial charge in [0.15, 0.2) is 0 Å². The third-order valence-corrected chi connectivity index (χ3v) is 5.09. The highest BCUT2D eigenvalue weighted by Gasteiger charge is 2.26. The fourth-order valence-electron chi connectivity index (χ4n) is 2.87. The van der Waals surface area contributed by atoms with E-state index in [0.29, 0.717) is 22.8 Å². The van der Waals surface area contributed by atoms with E-state index in [1.807, 2.05) is 6.07 Å². The Morgan fingerprint density at radius 3 is 2.83 bits per heavy atom. The lowest BCUT2D eigenvalue weighted by molar-refractivity contribution is 0.329. The summed E-state index contributed by atoms with van der Waals surface area (Å²) < 4.78 is 19.1. The molecule has 0 aliphatic carbocycles. The highest BCUT2D eigenvalue weighted by molar-refractivity contribution is 7.13. The highest BCUT2D eigenvalue weighted by atomic mass is 32.1. The smallest absolute Gasteiger partial charge is 0.230 e. The first kappa shape index (κ1) is 15.2. The first-order valence-corrected chi connectivity index (χ1v) is 8.70. The molecule has 0 spiro atoms. The maximum atomic E-state index is 13.7. The molecular formula is C16H16FN5OS. The second kappa shape index (κ2) is 6.27. The molecule has 0 unspecified atom stereocenters. The summed E-state index contributed by atoms with van der Waals surface area (Å²) in [5, 5.41) is 13.0. The Bertz CT molecular complexity index is 827. The molecule has 0 radical (unpaired) electrons. The minimum atomic E-state index is -0.260. The number of piperidine rings is 1. The summed E-state index contributed by atoms with van der Waals surface area (Å²) >= 11 is 1.55. The number of halogens is 1. The molecular weight excluding hydrogens is 329 g/mol. The molecule has 3 aromatic rings. The number of aromatic nitrogens is 4. The zero-order chi connectivity index (χ0) is 16.5. The SMILES string of the molecule is Cc1ccc(-c2noc(C3CCN(c4nncs4)CC3)n2)cc1F. The van der Waals surface area contributed by atoms with Crippen LogP contribution in [-0.4, -0.2) is 33.4 Å². The van der Waals surface area contributed by atoms with Crippen molar-refractivity contribution in [2.75, 3.05) is 18.0 Å². The van der Waals surface area contributed by atoms with Crippen molar-refractivity contribution in [1.82, 2.24) is 20.3 Å². The van der Waals surface area contributed by atoms with Crippen molar-refractivity contribution in [3.8, 4) is 11.4 Å². The summed E-state index contributed by atoms with van der Waals surface area (Å²) in [4.78, 5) is 6.70. The van der Waals surface area contributed by atoms with Gasteiger partial charge in [-0.3, -0.25) is 0 Å². The van der Waals surface area contributed by atoms with E-state index >= 15 is 0 Å². The van der Waals surface area contributed by atoms with Crippen LogP contribution in [0, 0.1) is 12.7 Å². The van der Waals surface area contributed by atoms with Crippen LogP contribution in [0.25, 0.3) is 11.4 Å². The number of anilines is 1. The summed E-state index contributed by atoms with van der Waals surface area (Å²) in [7, 11) is 0. The van der Waals surface area contributed by atoms with E-state index in [9.17, 15) is 4.39 Å². The van der Waals surface area contributed by atoms with Crippen LogP contribution in [0.1, 0.15) is 30.2 Å². The van der Waals surface area contributed by atoms with Gasteiger partial charge in [0, 0.05) is 24.6 Å². The first-order valence-electron chi connectivity index (χ1n) is 7.82. The Hall–Kier alpha value is -2.35. The van der Waals surface area contributed by atoms with Gasteiger partial charge < -0.3 is 9.42 Å². The number of benzene rings is 1. The van der Waals surface area contributed by atoms with Gasteiger partial charge in [0.2, 0.25) is 16.8 Å². The van der Waals surface area contributed by atoms with Crippen LogP contribution in [0.15, 0.2) is 28.2 Å². The van der Waals surface area contributed by atoms with E-state index in [1.165, 1.54) is 6.07 Å². The van der Waals surface area contributed by atoms with Gasteiger partial charge in [-0.15, -0.1) is 10.2 Å². The van der Waals surface area contributed by atoms with E-state index in [-0.39, 0.29) is 11.7 Å². The van der Waals surface area contributed by atoms with Gasteiger partial charge >= 0.3 is 0 Å². The van der Waals surface area contributed by atoms with Gasteiger partial charge in [-0.1, -0.05) is 28.6 Å². The Balaban J connectivity index is 1.46. The van der Waals surface area contributed by atoms with Gasteiger partial charge in [0.05, 0.1) is 0 Å². The van der Waals surface area contributed by atoms with Crippen LogP contribution >= 0.6 is 11.3 Å². The quantitative estimate of drug-likeness (QED) is 0.724. The van der Waals surface area contributed by atoms with Crippen LogP contribution in [0.2, 0.25) is 0 Å². The molecule has 6 nitrogen and oxygen atoms in total. The monoisotopic (exact) mass is 345 g/mol. The second-order valence-electron chi connectivity index (χ2n) is 5.90. The third kappa shape index (κ3) is 2.89. The van der Waals surface area contributed by atoms with Gasteiger partial charge in [-0.2, -0.15) is 4.98 Å². The number of hydrogen-bond donors (Lipinski definition) is 0. The van der Waals surface area contributed by atoms with Gasteiger partial charge in [0.25, 0.3) is 0 Å². The molecule has 4 rings (SSSR count). The van der Waals surface area contributed by atoms with Crippen LogP contribution in [0.3, 0.4) is 0 Å². The zero-order valence-electron chi connectivity index (χ0n) is 13.1. The fraction of sp³-hybridized carbons (Fsp3) is 0.375. The van der Waals surface area contributed by atoms with Crippen molar-refractivity contribution >= 4 is 16.5 Å². The van der Waals surface area contributed by atoms with E-state index in [2.05, 4.69) is 25.2 Å². The Morgan fingerprint density at radius 1 is 1.29 bits per heavy atom. The van der Waals surface area contributed by atoms with E-state index in [0.717, 1.165) is 31.1 Å². The molecule has 0 saturated carbocycles. The second-order valence-corrected chi connectivity index (χ2v) is 6.71. The van der Waals surface area contributed by atoms with Crippen LogP contribution in [0.4, 0.5) is 9.52 Å². The Labute approximate surface area is 142 Å². The number of aryl methyl sites for hydroxylation is 1. The highest BCUT2D eigenvalue weighted by Crippen LogP contribution is 2.31. The maximum Gasteiger partial charge on any atom is 0.230 e. The minimum Gasteiger partial charge on any atom is -0.347 e. The molecule has 2 aromatic heterocycles. The first-order chi connectivity index (χ1) is 11.7. The van der Waals surface area contributed by atoms with Gasteiger partial charge in [0.1, 0.15) is 11.3 Å². The molecule has 1 fully saturated rings. The molecule has 0 amide bonds. The molecule has 0 bridgehead atoms. The lowest BCUT2D eigenvalue weighted by Crippen LogP contribution is -2.32.